The minimum atomic E-state index is 0.643. The second-order valence-corrected chi connectivity index (χ2v) is 4.26. The van der Waals surface area contributed by atoms with E-state index >= 15 is 0 Å². The molecule has 0 bridgehead atoms. The molecule has 0 saturated heterocycles. The highest BCUT2D eigenvalue weighted by Crippen LogP contribution is 2.12. The molecule has 0 radical (unpaired) electrons. The van der Waals surface area contributed by atoms with Crippen molar-refractivity contribution in [1.29, 1.82) is 0 Å². The Morgan fingerprint density at radius 1 is 1.62 bits per heavy atom. The first kappa shape index (κ1) is 10.7. The predicted molar refractivity (Wildman–Crippen MR) is 58.3 cm³/mol. The highest BCUT2D eigenvalue weighted by atomic mass is 32.1. The van der Waals surface area contributed by atoms with Crippen LogP contribution >= 0.6 is 11.3 Å². The molecule has 13 heavy (non-hydrogen) atoms. The number of hydrogen-bond donors (Lipinski definition) is 1. The second-order valence-electron chi connectivity index (χ2n) is 3.32. The number of nitrogens with zero attached hydrogens (tertiary/aromatic N) is 1. The molecule has 0 aliphatic rings. The Morgan fingerprint density at radius 2 is 2.38 bits per heavy atom. The van der Waals surface area contributed by atoms with Crippen molar-refractivity contribution in [1.82, 2.24) is 10.3 Å². The minimum absolute atomic E-state index is 0.643. The Kier molecular flexibility index (Phi) is 4.39. The van der Waals surface area contributed by atoms with Crippen molar-refractivity contribution in [2.45, 2.75) is 39.2 Å². The lowest BCUT2D eigenvalue weighted by Gasteiger charge is -2.11. The lowest BCUT2D eigenvalue weighted by Crippen LogP contribution is -2.24. The van der Waals surface area contributed by atoms with E-state index in [4.69, 9.17) is 0 Å². The van der Waals surface area contributed by atoms with Crippen molar-refractivity contribution in [2.75, 3.05) is 7.05 Å². The maximum atomic E-state index is 4.44. The van der Waals surface area contributed by atoms with Crippen LogP contribution in [-0.2, 0) is 6.42 Å². The summed E-state index contributed by atoms with van der Waals surface area (Å²) in [5.41, 5.74) is 1.15. The highest BCUT2D eigenvalue weighted by molar-refractivity contribution is 7.09. The van der Waals surface area contributed by atoms with Crippen molar-refractivity contribution in [3.63, 3.8) is 0 Å². The van der Waals surface area contributed by atoms with Gasteiger partial charge in [-0.1, -0.05) is 6.92 Å². The van der Waals surface area contributed by atoms with Crippen molar-refractivity contribution < 1.29 is 0 Å². The molecule has 1 rings (SSSR count). The van der Waals surface area contributed by atoms with Crippen LogP contribution in [-0.4, -0.2) is 18.1 Å². The fourth-order valence-electron chi connectivity index (χ4n) is 1.37. The van der Waals surface area contributed by atoms with E-state index in [9.17, 15) is 0 Å². The van der Waals surface area contributed by atoms with E-state index in [0.717, 1.165) is 12.1 Å². The van der Waals surface area contributed by atoms with Crippen LogP contribution in [0.4, 0.5) is 0 Å². The number of rotatable bonds is 5. The third-order valence-electron chi connectivity index (χ3n) is 2.27. The van der Waals surface area contributed by atoms with Crippen LogP contribution in [0.15, 0.2) is 5.38 Å². The fourth-order valence-corrected chi connectivity index (χ4v) is 2.16. The molecular formula is C10H18N2S. The van der Waals surface area contributed by atoms with E-state index in [-0.39, 0.29) is 0 Å². The van der Waals surface area contributed by atoms with Crippen molar-refractivity contribution in [3.8, 4) is 0 Å². The van der Waals surface area contributed by atoms with Gasteiger partial charge in [-0.15, -0.1) is 11.3 Å². The minimum Gasteiger partial charge on any atom is -0.317 e. The Bertz CT molecular complexity index is 241. The van der Waals surface area contributed by atoms with Gasteiger partial charge in [-0.3, -0.25) is 0 Å². The average Bonchev–Trinajstić information content (AvgIpc) is 2.53. The Hall–Kier alpha value is -0.410. The monoisotopic (exact) mass is 198 g/mol. The summed E-state index contributed by atoms with van der Waals surface area (Å²) in [5, 5.41) is 6.70. The van der Waals surface area contributed by atoms with E-state index < -0.39 is 0 Å². The summed E-state index contributed by atoms with van der Waals surface area (Å²) in [4.78, 5) is 4.44. The van der Waals surface area contributed by atoms with Gasteiger partial charge in [0.15, 0.2) is 0 Å². The van der Waals surface area contributed by atoms with E-state index in [1.165, 1.54) is 17.8 Å². The van der Waals surface area contributed by atoms with Gasteiger partial charge in [0, 0.05) is 23.5 Å². The normalized spacial score (nSPS) is 13.2. The number of aromatic nitrogens is 1. The van der Waals surface area contributed by atoms with E-state index in [0.29, 0.717) is 6.04 Å². The molecular weight excluding hydrogens is 180 g/mol. The van der Waals surface area contributed by atoms with Crippen molar-refractivity contribution in [2.24, 2.45) is 0 Å². The van der Waals surface area contributed by atoms with Gasteiger partial charge in [-0.25, -0.2) is 4.98 Å². The molecule has 74 valence electrons. The first-order valence-electron chi connectivity index (χ1n) is 4.84. The van der Waals surface area contributed by atoms with Crippen molar-refractivity contribution in [3.05, 3.63) is 16.1 Å². The van der Waals surface area contributed by atoms with Crippen LogP contribution in [0.25, 0.3) is 0 Å². The second kappa shape index (κ2) is 5.35. The number of nitrogens with one attached hydrogen (secondary N) is 1. The lowest BCUT2D eigenvalue weighted by molar-refractivity contribution is 0.508. The number of thiazole rings is 1. The van der Waals surface area contributed by atoms with Crippen LogP contribution in [0, 0.1) is 6.92 Å². The number of aryl methyl sites for hydroxylation is 2. The molecule has 0 amide bonds. The molecule has 1 unspecified atom stereocenters. The van der Waals surface area contributed by atoms with Crippen LogP contribution in [0.1, 0.15) is 30.5 Å². The average molecular weight is 198 g/mol. The molecule has 1 N–H and O–H groups in total. The van der Waals surface area contributed by atoms with Crippen LogP contribution < -0.4 is 5.32 Å². The maximum absolute atomic E-state index is 4.44. The largest absolute Gasteiger partial charge is 0.317 e. The summed E-state index contributed by atoms with van der Waals surface area (Å²) in [6.45, 7) is 4.27. The van der Waals surface area contributed by atoms with Crippen molar-refractivity contribution >= 4 is 11.3 Å². The third kappa shape index (κ3) is 3.44. The van der Waals surface area contributed by atoms with Gasteiger partial charge >= 0.3 is 0 Å². The van der Waals surface area contributed by atoms with Gasteiger partial charge in [0.1, 0.15) is 0 Å². The summed E-state index contributed by atoms with van der Waals surface area (Å²) < 4.78 is 0. The lowest BCUT2D eigenvalue weighted by atomic mass is 10.1. The first-order valence-corrected chi connectivity index (χ1v) is 5.72. The maximum Gasteiger partial charge on any atom is 0.0928 e. The molecule has 2 nitrogen and oxygen atoms in total. The molecule has 0 spiro atoms. The van der Waals surface area contributed by atoms with Crippen LogP contribution in [0.3, 0.4) is 0 Å². The topological polar surface area (TPSA) is 24.9 Å². The Morgan fingerprint density at radius 3 is 2.85 bits per heavy atom. The van der Waals surface area contributed by atoms with Gasteiger partial charge in [0.25, 0.3) is 0 Å². The summed E-state index contributed by atoms with van der Waals surface area (Å²) in [6.07, 6.45) is 3.50. The van der Waals surface area contributed by atoms with Gasteiger partial charge in [-0.2, -0.15) is 0 Å². The van der Waals surface area contributed by atoms with E-state index in [2.05, 4.69) is 29.5 Å². The quantitative estimate of drug-likeness (QED) is 0.785. The van der Waals surface area contributed by atoms with Gasteiger partial charge in [0.05, 0.1) is 5.01 Å². The van der Waals surface area contributed by atoms with Gasteiger partial charge in [-0.05, 0) is 26.8 Å². The summed E-state index contributed by atoms with van der Waals surface area (Å²) >= 11 is 1.77. The van der Waals surface area contributed by atoms with Crippen LogP contribution in [0.2, 0.25) is 0 Å². The molecule has 0 fully saturated rings. The van der Waals surface area contributed by atoms with E-state index in [1.807, 2.05) is 7.05 Å². The predicted octanol–water partition coefficient (Wildman–Crippen LogP) is 2.38. The molecule has 0 saturated carbocycles. The Labute approximate surface area is 84.4 Å². The molecule has 0 aliphatic carbocycles. The van der Waals surface area contributed by atoms with Crippen LogP contribution in [0.5, 0.6) is 0 Å². The van der Waals surface area contributed by atoms with Gasteiger partial charge < -0.3 is 5.32 Å². The zero-order chi connectivity index (χ0) is 9.68. The zero-order valence-electron chi connectivity index (χ0n) is 8.63. The van der Waals surface area contributed by atoms with Gasteiger partial charge in [0.2, 0.25) is 0 Å². The number of hydrogen-bond acceptors (Lipinski definition) is 3. The Balaban J connectivity index is 2.33. The molecule has 0 aliphatic heterocycles. The molecule has 1 atom stereocenters. The smallest absolute Gasteiger partial charge is 0.0928 e. The molecule has 3 heteroatoms. The summed E-state index contributed by atoms with van der Waals surface area (Å²) in [7, 11) is 2.03. The molecule has 1 aromatic rings. The standard InChI is InChI=1S/C10H18N2S/c1-4-9(11-3)5-6-10-12-8(2)7-13-10/h7,9,11H,4-6H2,1-3H3. The van der Waals surface area contributed by atoms with E-state index in [1.54, 1.807) is 11.3 Å². The zero-order valence-corrected chi connectivity index (χ0v) is 9.45. The SMILES string of the molecule is CCC(CCc1nc(C)cs1)NC. The first-order chi connectivity index (χ1) is 6.26. The summed E-state index contributed by atoms with van der Waals surface area (Å²) in [5.74, 6) is 0. The summed E-state index contributed by atoms with van der Waals surface area (Å²) in [6, 6.07) is 0.643. The fraction of sp³-hybridized carbons (Fsp3) is 0.700. The molecule has 1 aromatic heterocycles. The third-order valence-corrected chi connectivity index (χ3v) is 3.30. The molecule has 0 aromatic carbocycles. The molecule has 1 heterocycles. The highest BCUT2D eigenvalue weighted by Gasteiger charge is 2.04.